The van der Waals surface area contributed by atoms with Crippen LogP contribution in [0.2, 0.25) is 0 Å². The maximum Gasteiger partial charge on any atom is 0.123 e. The van der Waals surface area contributed by atoms with Gasteiger partial charge in [-0.1, -0.05) is 47.5 Å². The van der Waals surface area contributed by atoms with Gasteiger partial charge < -0.3 is 10.5 Å². The van der Waals surface area contributed by atoms with Gasteiger partial charge in [0.25, 0.3) is 0 Å². The highest BCUT2D eigenvalue weighted by Gasteiger charge is 2.36. The molecular formula is C19H23NO. The summed E-state index contributed by atoms with van der Waals surface area (Å²) >= 11 is 0. The predicted molar refractivity (Wildman–Crippen MR) is 86.9 cm³/mol. The Morgan fingerprint density at radius 2 is 1.81 bits per heavy atom. The minimum atomic E-state index is -0.00488. The van der Waals surface area contributed by atoms with Crippen LogP contribution in [0.25, 0.3) is 0 Å². The molecule has 2 heteroatoms. The number of fused-ring (bicyclic) bond motifs is 1. The predicted octanol–water partition coefficient (Wildman–Crippen LogP) is 3.53. The highest BCUT2D eigenvalue weighted by atomic mass is 16.5. The summed E-state index contributed by atoms with van der Waals surface area (Å²) in [6.07, 6.45) is 1.96. The van der Waals surface area contributed by atoms with Crippen molar-refractivity contribution in [2.45, 2.75) is 32.1 Å². The summed E-state index contributed by atoms with van der Waals surface area (Å²) in [4.78, 5) is 0. The lowest BCUT2D eigenvalue weighted by molar-refractivity contribution is 0.215. The van der Waals surface area contributed by atoms with Gasteiger partial charge in [-0.05, 0) is 38.3 Å². The van der Waals surface area contributed by atoms with Gasteiger partial charge in [0.1, 0.15) is 5.75 Å². The van der Waals surface area contributed by atoms with Crippen LogP contribution in [0, 0.1) is 13.8 Å². The van der Waals surface area contributed by atoms with E-state index in [1.54, 1.807) is 0 Å². The van der Waals surface area contributed by atoms with Gasteiger partial charge in [-0.3, -0.25) is 0 Å². The molecule has 2 nitrogen and oxygen atoms in total. The fourth-order valence-electron chi connectivity index (χ4n) is 3.55. The number of nitrogens with two attached hydrogens (primary N) is 1. The van der Waals surface area contributed by atoms with Crippen molar-refractivity contribution < 1.29 is 4.74 Å². The number of hydrogen-bond acceptors (Lipinski definition) is 2. The van der Waals surface area contributed by atoms with E-state index in [9.17, 15) is 0 Å². The molecule has 1 atom stereocenters. The SMILES string of the molecule is Cc1cc(C)cc(CC2(CN)CCOc3ccccc32)c1. The first-order valence-electron chi connectivity index (χ1n) is 7.62. The van der Waals surface area contributed by atoms with Crippen molar-refractivity contribution in [2.75, 3.05) is 13.2 Å². The topological polar surface area (TPSA) is 35.2 Å². The standard InChI is InChI=1S/C19H23NO/c1-14-9-15(2)11-16(10-14)12-19(13-20)7-8-21-18-6-4-3-5-17(18)19/h3-6,9-11H,7-8,12-13,20H2,1-2H3. The van der Waals surface area contributed by atoms with E-state index in [4.69, 9.17) is 10.5 Å². The molecule has 0 saturated carbocycles. The third kappa shape index (κ3) is 2.68. The molecule has 0 saturated heterocycles. The van der Waals surface area contributed by atoms with Crippen molar-refractivity contribution in [3.8, 4) is 5.75 Å². The molecule has 2 N–H and O–H groups in total. The van der Waals surface area contributed by atoms with E-state index in [-0.39, 0.29) is 5.41 Å². The van der Waals surface area contributed by atoms with Crippen molar-refractivity contribution in [3.05, 3.63) is 64.7 Å². The third-order valence-electron chi connectivity index (χ3n) is 4.51. The van der Waals surface area contributed by atoms with Gasteiger partial charge in [-0.15, -0.1) is 0 Å². The zero-order valence-corrected chi connectivity index (χ0v) is 12.9. The maximum absolute atomic E-state index is 6.22. The average molecular weight is 281 g/mol. The van der Waals surface area contributed by atoms with E-state index in [0.717, 1.165) is 25.2 Å². The van der Waals surface area contributed by atoms with Crippen LogP contribution >= 0.6 is 0 Å². The van der Waals surface area contributed by atoms with Gasteiger partial charge in [-0.2, -0.15) is 0 Å². The summed E-state index contributed by atoms with van der Waals surface area (Å²) in [5.74, 6) is 0.999. The zero-order chi connectivity index (χ0) is 14.9. The van der Waals surface area contributed by atoms with Gasteiger partial charge >= 0.3 is 0 Å². The van der Waals surface area contributed by atoms with E-state index in [2.05, 4.69) is 50.2 Å². The molecule has 3 rings (SSSR count). The largest absolute Gasteiger partial charge is 0.493 e. The molecule has 1 aliphatic heterocycles. The van der Waals surface area contributed by atoms with Gasteiger partial charge in [0.05, 0.1) is 6.61 Å². The van der Waals surface area contributed by atoms with Crippen LogP contribution in [0.3, 0.4) is 0 Å². The Kier molecular flexibility index (Phi) is 3.73. The molecule has 0 bridgehead atoms. The minimum absolute atomic E-state index is 0.00488. The third-order valence-corrected chi connectivity index (χ3v) is 4.51. The van der Waals surface area contributed by atoms with E-state index < -0.39 is 0 Å². The highest BCUT2D eigenvalue weighted by molar-refractivity contribution is 5.43. The molecule has 0 spiro atoms. The molecule has 1 aliphatic rings. The molecule has 0 fully saturated rings. The van der Waals surface area contributed by atoms with Gasteiger partial charge in [0.2, 0.25) is 0 Å². The van der Waals surface area contributed by atoms with Crippen LogP contribution in [-0.4, -0.2) is 13.2 Å². The van der Waals surface area contributed by atoms with Crippen LogP contribution in [-0.2, 0) is 11.8 Å². The highest BCUT2D eigenvalue weighted by Crippen LogP contribution is 2.40. The Balaban J connectivity index is 2.02. The van der Waals surface area contributed by atoms with Crippen LogP contribution in [0.5, 0.6) is 5.75 Å². The van der Waals surface area contributed by atoms with E-state index >= 15 is 0 Å². The summed E-state index contributed by atoms with van der Waals surface area (Å²) in [7, 11) is 0. The summed E-state index contributed by atoms with van der Waals surface area (Å²) < 4.78 is 5.81. The summed E-state index contributed by atoms with van der Waals surface area (Å²) in [6.45, 7) is 5.71. The number of hydrogen-bond donors (Lipinski definition) is 1. The van der Waals surface area contributed by atoms with E-state index in [1.165, 1.54) is 22.3 Å². The average Bonchev–Trinajstić information content (AvgIpc) is 2.46. The first-order valence-corrected chi connectivity index (χ1v) is 7.62. The minimum Gasteiger partial charge on any atom is -0.493 e. The molecule has 0 radical (unpaired) electrons. The van der Waals surface area contributed by atoms with E-state index in [1.807, 2.05) is 6.07 Å². The molecule has 21 heavy (non-hydrogen) atoms. The van der Waals surface area contributed by atoms with Gasteiger partial charge in [0, 0.05) is 17.5 Å². The second-order valence-electron chi connectivity index (χ2n) is 6.25. The number of rotatable bonds is 3. The smallest absolute Gasteiger partial charge is 0.123 e. The number of para-hydroxylation sites is 1. The Bertz CT molecular complexity index is 630. The Hall–Kier alpha value is -1.80. The number of benzene rings is 2. The van der Waals surface area contributed by atoms with Crippen molar-refractivity contribution in [3.63, 3.8) is 0 Å². The molecule has 1 unspecified atom stereocenters. The van der Waals surface area contributed by atoms with Gasteiger partial charge in [-0.25, -0.2) is 0 Å². The molecule has 0 amide bonds. The Morgan fingerprint density at radius 1 is 1.10 bits per heavy atom. The van der Waals surface area contributed by atoms with Crippen LogP contribution < -0.4 is 10.5 Å². The van der Waals surface area contributed by atoms with Gasteiger partial charge in [0.15, 0.2) is 0 Å². The lowest BCUT2D eigenvalue weighted by Gasteiger charge is -2.38. The summed E-state index contributed by atoms with van der Waals surface area (Å²) in [5.41, 5.74) is 11.5. The second-order valence-corrected chi connectivity index (χ2v) is 6.25. The quantitative estimate of drug-likeness (QED) is 0.934. The zero-order valence-electron chi connectivity index (χ0n) is 12.9. The molecular weight excluding hydrogens is 258 g/mol. The number of ether oxygens (including phenoxy) is 1. The van der Waals surface area contributed by atoms with Crippen molar-refractivity contribution in [1.29, 1.82) is 0 Å². The van der Waals surface area contributed by atoms with Crippen molar-refractivity contribution in [2.24, 2.45) is 5.73 Å². The van der Waals surface area contributed by atoms with Crippen LogP contribution in [0.4, 0.5) is 0 Å². The van der Waals surface area contributed by atoms with Crippen molar-refractivity contribution >= 4 is 0 Å². The number of aryl methyl sites for hydroxylation is 2. The molecule has 0 aliphatic carbocycles. The Labute approximate surface area is 126 Å². The fraction of sp³-hybridized carbons (Fsp3) is 0.368. The fourth-order valence-corrected chi connectivity index (χ4v) is 3.55. The molecule has 2 aromatic rings. The van der Waals surface area contributed by atoms with Crippen molar-refractivity contribution in [1.82, 2.24) is 0 Å². The second kappa shape index (κ2) is 5.53. The first kappa shape index (κ1) is 14.2. The van der Waals surface area contributed by atoms with Crippen LogP contribution in [0.15, 0.2) is 42.5 Å². The lowest BCUT2D eigenvalue weighted by Crippen LogP contribution is -2.41. The Morgan fingerprint density at radius 3 is 2.52 bits per heavy atom. The summed E-state index contributed by atoms with van der Waals surface area (Å²) in [5, 5.41) is 0. The first-order chi connectivity index (χ1) is 10.1. The summed E-state index contributed by atoms with van der Waals surface area (Å²) in [6, 6.07) is 15.1. The normalized spacial score (nSPS) is 20.7. The monoisotopic (exact) mass is 281 g/mol. The molecule has 2 aromatic carbocycles. The molecule has 0 aromatic heterocycles. The molecule has 110 valence electrons. The molecule has 1 heterocycles. The maximum atomic E-state index is 6.22. The van der Waals surface area contributed by atoms with E-state index in [0.29, 0.717) is 6.54 Å². The lowest BCUT2D eigenvalue weighted by atomic mass is 9.71. The van der Waals surface area contributed by atoms with Crippen LogP contribution in [0.1, 0.15) is 28.7 Å².